The quantitative estimate of drug-likeness (QED) is 0.333. The monoisotopic (exact) mass is 654 g/mol. The van der Waals surface area contributed by atoms with Crippen LogP contribution in [0.3, 0.4) is 0 Å². The topological polar surface area (TPSA) is 153 Å². The maximum Gasteiger partial charge on any atom is 0.243 e. The second kappa shape index (κ2) is 17.0. The Bertz CT molecular complexity index is 1450. The van der Waals surface area contributed by atoms with Crippen LogP contribution in [0.2, 0.25) is 0 Å². The van der Waals surface area contributed by atoms with Crippen LogP contribution in [0.15, 0.2) is 29.8 Å². The summed E-state index contributed by atoms with van der Waals surface area (Å²) in [4.78, 5) is 51.2. The van der Waals surface area contributed by atoms with Crippen LogP contribution < -0.4 is 25.4 Å². The van der Waals surface area contributed by atoms with E-state index in [1.165, 1.54) is 0 Å². The highest BCUT2D eigenvalue weighted by Crippen LogP contribution is 2.28. The number of hydrogen-bond donors (Lipinski definition) is 3. The summed E-state index contributed by atoms with van der Waals surface area (Å²) in [7, 11) is 3.16. The van der Waals surface area contributed by atoms with Gasteiger partial charge in [-0.15, -0.1) is 11.3 Å². The molecule has 4 rings (SSSR count). The fourth-order valence-corrected chi connectivity index (χ4v) is 6.04. The van der Waals surface area contributed by atoms with E-state index in [0.29, 0.717) is 68.5 Å². The van der Waals surface area contributed by atoms with Gasteiger partial charge in [0.05, 0.1) is 26.8 Å². The number of carbonyl (C=O) groups excluding carboxylic acids is 3. The summed E-state index contributed by atoms with van der Waals surface area (Å²) < 4.78 is 12.4. The largest absolute Gasteiger partial charge is 0.493 e. The number of amides is 3. The zero-order chi connectivity index (χ0) is 33.1. The number of nitrogens with zero attached hydrogens (tertiary/aromatic N) is 5. The molecular weight excluding hydrogens is 608 g/mol. The number of carbonyl (C=O) groups is 3. The first-order valence-corrected chi connectivity index (χ1v) is 16.7. The molecule has 3 N–H and O–H groups in total. The molecule has 13 nitrogen and oxygen atoms in total. The van der Waals surface area contributed by atoms with Crippen LogP contribution in [0.4, 0.5) is 0 Å². The summed E-state index contributed by atoms with van der Waals surface area (Å²) in [5.74, 6) is 1.40. The minimum Gasteiger partial charge on any atom is -0.493 e. The molecule has 0 fully saturated rings. The van der Waals surface area contributed by atoms with E-state index in [9.17, 15) is 14.4 Å². The average Bonchev–Trinajstić information content (AvgIpc) is 3.70. The standard InChI is InChI=1S/C32H46N8O5S/c1-6-21(2)30-32(43)35-22(3)31-36-26(18-23-10-11-24(44-4)25(17-23)45-5)38-40(31)19-28(42)33-12-8-15-39(14-7-9-27(41)37-30)20-29-34-13-16-46-29/h10-11,13,16-17,21-22,30H,6-9,12,14-15,18-20H2,1-5H3,(H,33,42)(H,35,43)(H,37,41)/t21-,22+,30-/m0/s1. The maximum absolute atomic E-state index is 13.6. The number of nitrogens with one attached hydrogen (secondary N) is 3. The molecular formula is C32H46N8O5S. The third-order valence-electron chi connectivity index (χ3n) is 8.10. The first-order chi connectivity index (χ1) is 22.2. The molecule has 0 aliphatic carbocycles. The van der Waals surface area contributed by atoms with Gasteiger partial charge in [0.15, 0.2) is 17.3 Å². The van der Waals surface area contributed by atoms with E-state index in [-0.39, 0.29) is 30.2 Å². The Morgan fingerprint density at radius 2 is 1.85 bits per heavy atom. The van der Waals surface area contributed by atoms with Gasteiger partial charge in [-0.2, -0.15) is 5.10 Å². The first kappa shape index (κ1) is 34.8. The van der Waals surface area contributed by atoms with Crippen molar-refractivity contribution in [3.63, 3.8) is 0 Å². The zero-order valence-corrected chi connectivity index (χ0v) is 28.2. The van der Waals surface area contributed by atoms with Crippen LogP contribution in [0, 0.1) is 5.92 Å². The molecule has 0 spiro atoms. The molecule has 0 radical (unpaired) electrons. The number of ether oxygens (including phenoxy) is 2. The molecule has 46 heavy (non-hydrogen) atoms. The second-order valence-electron chi connectivity index (χ2n) is 11.6. The van der Waals surface area contributed by atoms with Crippen molar-refractivity contribution >= 4 is 29.1 Å². The lowest BCUT2D eigenvalue weighted by Gasteiger charge is -2.26. The number of methoxy groups -OCH3 is 2. The predicted molar refractivity (Wildman–Crippen MR) is 175 cm³/mol. The molecule has 2 aromatic heterocycles. The van der Waals surface area contributed by atoms with Gasteiger partial charge in [-0.1, -0.05) is 26.3 Å². The molecule has 1 aromatic carbocycles. The number of rotatable bonds is 8. The lowest BCUT2D eigenvalue weighted by molar-refractivity contribution is -0.130. The van der Waals surface area contributed by atoms with Crippen LogP contribution in [0.1, 0.15) is 74.7 Å². The molecule has 3 amide bonds. The Balaban J connectivity index is 1.58. The SMILES string of the molecule is CC[C@H](C)[C@@H]1NC(=O)CCCN(Cc2nccs2)CCCNC(=O)Cn2nc(Cc3ccc(OC)c(OC)c3)nc2[C@@H](C)NC1=O. The lowest BCUT2D eigenvalue weighted by atomic mass is 9.97. The Kier molecular flexibility index (Phi) is 12.9. The number of hydrogen-bond acceptors (Lipinski definition) is 10. The smallest absolute Gasteiger partial charge is 0.243 e. The Hall–Kier alpha value is -4.04. The van der Waals surface area contributed by atoms with Crippen LogP contribution in [-0.2, 0) is 33.9 Å². The zero-order valence-electron chi connectivity index (χ0n) is 27.4. The van der Waals surface area contributed by atoms with Gasteiger partial charge in [-0.25, -0.2) is 14.6 Å². The number of fused-ring (bicyclic) bond motifs is 1. The lowest BCUT2D eigenvalue weighted by Crippen LogP contribution is -2.51. The third kappa shape index (κ3) is 9.73. The number of aromatic nitrogens is 4. The van der Waals surface area contributed by atoms with Gasteiger partial charge in [0.2, 0.25) is 17.7 Å². The molecule has 1 aliphatic heterocycles. The molecule has 0 saturated carbocycles. The van der Waals surface area contributed by atoms with Gasteiger partial charge in [-0.3, -0.25) is 19.3 Å². The number of benzene rings is 1. The maximum atomic E-state index is 13.6. The van der Waals surface area contributed by atoms with Crippen molar-refractivity contribution in [2.45, 2.75) is 78.0 Å². The minimum absolute atomic E-state index is 0.0527. The molecule has 14 heteroatoms. The Morgan fingerprint density at radius 3 is 2.57 bits per heavy atom. The van der Waals surface area contributed by atoms with Crippen molar-refractivity contribution in [3.8, 4) is 11.5 Å². The van der Waals surface area contributed by atoms with Crippen molar-refractivity contribution < 1.29 is 23.9 Å². The highest BCUT2D eigenvalue weighted by atomic mass is 32.1. The summed E-state index contributed by atoms with van der Waals surface area (Å²) in [6, 6.07) is 4.30. The average molecular weight is 655 g/mol. The summed E-state index contributed by atoms with van der Waals surface area (Å²) in [6.45, 7) is 8.29. The molecule has 3 aromatic rings. The fourth-order valence-electron chi connectivity index (χ4n) is 5.38. The van der Waals surface area contributed by atoms with Crippen LogP contribution in [0.25, 0.3) is 0 Å². The van der Waals surface area contributed by atoms with Crippen LogP contribution in [-0.4, -0.2) is 82.3 Å². The fraction of sp³-hybridized carbons (Fsp3) is 0.562. The highest BCUT2D eigenvalue weighted by Gasteiger charge is 2.29. The van der Waals surface area contributed by atoms with Crippen LogP contribution in [0.5, 0.6) is 11.5 Å². The van der Waals surface area contributed by atoms with E-state index < -0.39 is 12.1 Å². The molecule has 0 saturated heterocycles. The summed E-state index contributed by atoms with van der Waals surface area (Å²) in [5, 5.41) is 16.6. The van der Waals surface area contributed by atoms with Crippen molar-refractivity contribution in [1.82, 2.24) is 40.6 Å². The second-order valence-corrected chi connectivity index (χ2v) is 12.6. The van der Waals surface area contributed by atoms with E-state index in [2.05, 4.69) is 30.9 Å². The third-order valence-corrected chi connectivity index (χ3v) is 8.86. The molecule has 0 unspecified atom stereocenters. The van der Waals surface area contributed by atoms with Gasteiger partial charge in [0.25, 0.3) is 0 Å². The van der Waals surface area contributed by atoms with Gasteiger partial charge in [0.1, 0.15) is 23.4 Å². The van der Waals surface area contributed by atoms with Crippen molar-refractivity contribution in [2.24, 2.45) is 5.92 Å². The van der Waals surface area contributed by atoms with Crippen LogP contribution >= 0.6 is 11.3 Å². The number of thiazole rings is 1. The van der Waals surface area contributed by atoms with Crippen molar-refractivity contribution in [1.29, 1.82) is 0 Å². The van der Waals surface area contributed by atoms with E-state index in [0.717, 1.165) is 23.5 Å². The summed E-state index contributed by atoms with van der Waals surface area (Å²) in [6.07, 6.45) is 4.55. The summed E-state index contributed by atoms with van der Waals surface area (Å²) >= 11 is 1.59. The van der Waals surface area contributed by atoms with Crippen molar-refractivity contribution in [2.75, 3.05) is 33.9 Å². The minimum atomic E-state index is -0.712. The van der Waals surface area contributed by atoms with E-state index in [1.54, 1.807) is 43.4 Å². The molecule has 0 bridgehead atoms. The molecule has 1 aliphatic rings. The van der Waals surface area contributed by atoms with E-state index in [1.807, 2.05) is 37.4 Å². The first-order valence-electron chi connectivity index (χ1n) is 15.8. The van der Waals surface area contributed by atoms with Gasteiger partial charge >= 0.3 is 0 Å². The van der Waals surface area contributed by atoms with E-state index in [4.69, 9.17) is 14.5 Å². The van der Waals surface area contributed by atoms with Gasteiger partial charge in [-0.05, 0) is 49.9 Å². The van der Waals surface area contributed by atoms with E-state index >= 15 is 0 Å². The van der Waals surface area contributed by atoms with Gasteiger partial charge < -0.3 is 25.4 Å². The molecule has 250 valence electrons. The Morgan fingerprint density at radius 1 is 1.07 bits per heavy atom. The predicted octanol–water partition coefficient (Wildman–Crippen LogP) is 2.85. The van der Waals surface area contributed by atoms with Gasteiger partial charge in [0, 0.05) is 37.5 Å². The normalized spacial score (nSPS) is 20.0. The molecule has 3 heterocycles. The summed E-state index contributed by atoms with van der Waals surface area (Å²) in [5.41, 5.74) is 0.898. The highest BCUT2D eigenvalue weighted by molar-refractivity contribution is 7.09. The molecule has 3 atom stereocenters. The Labute approximate surface area is 274 Å². The van der Waals surface area contributed by atoms with Crippen molar-refractivity contribution in [3.05, 3.63) is 52.0 Å².